The maximum Gasteiger partial charge on any atom is 0.140 e. The van der Waals surface area contributed by atoms with E-state index in [-0.39, 0.29) is 6.10 Å². The first kappa shape index (κ1) is 9.25. The molecule has 1 aromatic carbocycles. The van der Waals surface area contributed by atoms with Crippen molar-refractivity contribution in [3.05, 3.63) is 29.3 Å². The predicted octanol–water partition coefficient (Wildman–Crippen LogP) is 2.41. The van der Waals surface area contributed by atoms with Gasteiger partial charge in [-0.3, -0.25) is 4.79 Å². The van der Waals surface area contributed by atoms with Crippen LogP contribution in [0.1, 0.15) is 24.0 Å². The summed E-state index contributed by atoms with van der Waals surface area (Å²) >= 11 is 0. The van der Waals surface area contributed by atoms with Crippen LogP contribution in [0.4, 0.5) is 0 Å². The van der Waals surface area contributed by atoms with Crippen molar-refractivity contribution in [2.24, 2.45) is 0 Å². The molecule has 2 rings (SSSR count). The van der Waals surface area contributed by atoms with Gasteiger partial charge in [-0.1, -0.05) is 17.7 Å². The molecular formula is C12H14O2. The van der Waals surface area contributed by atoms with Gasteiger partial charge in [0.25, 0.3) is 0 Å². The molecule has 74 valence electrons. The fourth-order valence-electron chi connectivity index (χ4n) is 1.64. The number of carbonyl (C=O) groups excluding carboxylic acids is 1. The van der Waals surface area contributed by atoms with Crippen LogP contribution in [0.3, 0.4) is 0 Å². The van der Waals surface area contributed by atoms with E-state index in [0.29, 0.717) is 18.6 Å². The molecule has 2 heteroatoms. The number of rotatable bonds is 2. The van der Waals surface area contributed by atoms with E-state index in [0.717, 1.165) is 11.3 Å². The van der Waals surface area contributed by atoms with E-state index in [1.807, 2.05) is 19.1 Å². The maximum atomic E-state index is 10.8. The van der Waals surface area contributed by atoms with Crippen molar-refractivity contribution in [2.75, 3.05) is 0 Å². The average Bonchev–Trinajstić information content (AvgIpc) is 2.06. The van der Waals surface area contributed by atoms with Crippen LogP contribution in [-0.4, -0.2) is 11.9 Å². The van der Waals surface area contributed by atoms with E-state index in [2.05, 4.69) is 13.0 Å². The van der Waals surface area contributed by atoms with Crippen LogP contribution in [0.5, 0.6) is 5.75 Å². The van der Waals surface area contributed by atoms with Gasteiger partial charge in [0, 0.05) is 12.8 Å². The zero-order valence-electron chi connectivity index (χ0n) is 8.54. The molecule has 1 aliphatic carbocycles. The molecule has 14 heavy (non-hydrogen) atoms. The molecule has 0 amide bonds. The second-order valence-corrected chi connectivity index (χ2v) is 3.96. The Kier molecular flexibility index (Phi) is 2.28. The van der Waals surface area contributed by atoms with Gasteiger partial charge in [0.1, 0.15) is 17.6 Å². The Labute approximate surface area is 83.9 Å². The van der Waals surface area contributed by atoms with Crippen LogP contribution in [0, 0.1) is 13.8 Å². The summed E-state index contributed by atoms with van der Waals surface area (Å²) in [4.78, 5) is 10.8. The predicted molar refractivity (Wildman–Crippen MR) is 54.6 cm³/mol. The minimum atomic E-state index is 0.115. The van der Waals surface area contributed by atoms with Crippen molar-refractivity contribution in [1.82, 2.24) is 0 Å². The molecule has 0 saturated heterocycles. The minimum Gasteiger partial charge on any atom is -0.489 e. The summed E-state index contributed by atoms with van der Waals surface area (Å²) < 4.78 is 5.69. The van der Waals surface area contributed by atoms with E-state index < -0.39 is 0 Å². The van der Waals surface area contributed by atoms with Gasteiger partial charge in [-0.25, -0.2) is 0 Å². The van der Waals surface area contributed by atoms with E-state index in [4.69, 9.17) is 4.74 Å². The van der Waals surface area contributed by atoms with Crippen LogP contribution >= 0.6 is 0 Å². The second kappa shape index (κ2) is 3.45. The topological polar surface area (TPSA) is 26.3 Å². The number of ketones is 1. The fraction of sp³-hybridized carbons (Fsp3) is 0.417. The Bertz CT molecular complexity index is 361. The lowest BCUT2D eigenvalue weighted by Gasteiger charge is -2.26. The molecule has 0 aliphatic heterocycles. The Balaban J connectivity index is 2.06. The normalized spacial score (nSPS) is 16.6. The van der Waals surface area contributed by atoms with Crippen LogP contribution in [0.15, 0.2) is 18.2 Å². The highest BCUT2D eigenvalue weighted by atomic mass is 16.5. The monoisotopic (exact) mass is 190 g/mol. The quantitative estimate of drug-likeness (QED) is 0.715. The molecule has 1 aliphatic rings. The summed E-state index contributed by atoms with van der Waals surface area (Å²) in [5, 5.41) is 0. The molecule has 0 unspecified atom stereocenters. The molecule has 1 saturated carbocycles. The van der Waals surface area contributed by atoms with Crippen molar-refractivity contribution >= 4 is 5.78 Å². The summed E-state index contributed by atoms with van der Waals surface area (Å²) in [6, 6.07) is 6.10. The third kappa shape index (κ3) is 1.79. The molecule has 0 heterocycles. The summed E-state index contributed by atoms with van der Waals surface area (Å²) in [6.45, 7) is 4.09. The molecule has 0 N–H and O–H groups in total. The number of ether oxygens (including phenoxy) is 1. The van der Waals surface area contributed by atoms with Gasteiger partial charge in [-0.05, 0) is 25.5 Å². The first-order valence-electron chi connectivity index (χ1n) is 4.91. The third-order valence-corrected chi connectivity index (χ3v) is 2.53. The van der Waals surface area contributed by atoms with Crippen molar-refractivity contribution in [3.63, 3.8) is 0 Å². The molecule has 2 nitrogen and oxygen atoms in total. The fourth-order valence-corrected chi connectivity index (χ4v) is 1.64. The van der Waals surface area contributed by atoms with Gasteiger partial charge in [0.15, 0.2) is 0 Å². The van der Waals surface area contributed by atoms with Crippen molar-refractivity contribution < 1.29 is 9.53 Å². The lowest BCUT2D eigenvalue weighted by molar-refractivity contribution is -0.129. The van der Waals surface area contributed by atoms with Gasteiger partial charge in [0.2, 0.25) is 0 Å². The zero-order chi connectivity index (χ0) is 10.1. The SMILES string of the molecule is Cc1ccc(OC2CC(=O)C2)c(C)c1. The molecule has 0 bridgehead atoms. The van der Waals surface area contributed by atoms with Gasteiger partial charge in [0.05, 0.1) is 0 Å². The smallest absolute Gasteiger partial charge is 0.140 e. The molecule has 0 aromatic heterocycles. The van der Waals surface area contributed by atoms with Gasteiger partial charge < -0.3 is 4.74 Å². The highest BCUT2D eigenvalue weighted by Gasteiger charge is 2.28. The Morgan fingerprint density at radius 3 is 2.57 bits per heavy atom. The number of hydrogen-bond acceptors (Lipinski definition) is 2. The van der Waals surface area contributed by atoms with Crippen molar-refractivity contribution in [3.8, 4) is 5.75 Å². The Hall–Kier alpha value is -1.31. The van der Waals surface area contributed by atoms with E-state index in [1.165, 1.54) is 5.56 Å². The number of carbonyl (C=O) groups is 1. The molecule has 1 aromatic rings. The molecule has 1 fully saturated rings. The third-order valence-electron chi connectivity index (χ3n) is 2.53. The maximum absolute atomic E-state index is 10.8. The first-order chi connectivity index (χ1) is 6.65. The lowest BCUT2D eigenvalue weighted by Crippen LogP contribution is -2.33. The summed E-state index contributed by atoms with van der Waals surface area (Å²) in [5.41, 5.74) is 2.38. The molecule has 0 spiro atoms. The van der Waals surface area contributed by atoms with Gasteiger partial charge in [-0.15, -0.1) is 0 Å². The standard InChI is InChI=1S/C12H14O2/c1-8-3-4-12(9(2)5-8)14-11-6-10(13)7-11/h3-5,11H,6-7H2,1-2H3. The number of hydrogen-bond donors (Lipinski definition) is 0. The van der Waals surface area contributed by atoms with Gasteiger partial charge in [-0.2, -0.15) is 0 Å². The van der Waals surface area contributed by atoms with Crippen LogP contribution in [-0.2, 0) is 4.79 Å². The van der Waals surface area contributed by atoms with Crippen LogP contribution in [0.2, 0.25) is 0 Å². The number of benzene rings is 1. The lowest BCUT2D eigenvalue weighted by atomic mass is 9.94. The van der Waals surface area contributed by atoms with E-state index in [1.54, 1.807) is 0 Å². The van der Waals surface area contributed by atoms with Crippen LogP contribution < -0.4 is 4.74 Å². The van der Waals surface area contributed by atoms with Gasteiger partial charge >= 0.3 is 0 Å². The summed E-state index contributed by atoms with van der Waals surface area (Å²) in [6.07, 6.45) is 1.27. The molecular weight excluding hydrogens is 176 g/mol. The number of Topliss-reactive ketones (excluding diaryl/α,β-unsaturated/α-hetero) is 1. The summed E-state index contributed by atoms with van der Waals surface area (Å²) in [5.74, 6) is 1.22. The largest absolute Gasteiger partial charge is 0.489 e. The average molecular weight is 190 g/mol. The van der Waals surface area contributed by atoms with E-state index in [9.17, 15) is 4.79 Å². The van der Waals surface area contributed by atoms with E-state index >= 15 is 0 Å². The minimum absolute atomic E-state index is 0.115. The zero-order valence-corrected chi connectivity index (χ0v) is 8.54. The highest BCUT2D eigenvalue weighted by molar-refractivity contribution is 5.85. The number of aryl methyl sites for hydroxylation is 2. The van der Waals surface area contributed by atoms with Crippen molar-refractivity contribution in [2.45, 2.75) is 32.8 Å². The molecule has 0 atom stereocenters. The Morgan fingerprint density at radius 1 is 1.29 bits per heavy atom. The molecule has 0 radical (unpaired) electrons. The first-order valence-corrected chi connectivity index (χ1v) is 4.91. The highest BCUT2D eigenvalue weighted by Crippen LogP contribution is 2.25. The summed E-state index contributed by atoms with van der Waals surface area (Å²) in [7, 11) is 0. The van der Waals surface area contributed by atoms with Crippen molar-refractivity contribution in [1.29, 1.82) is 0 Å². The second-order valence-electron chi connectivity index (χ2n) is 3.96. The Morgan fingerprint density at radius 2 is 2.00 bits per heavy atom. The van der Waals surface area contributed by atoms with Crippen LogP contribution in [0.25, 0.3) is 0 Å².